The molecule has 112 valence electrons. The van der Waals surface area contributed by atoms with Gasteiger partial charge in [-0.2, -0.15) is 0 Å². The number of nitrogens with two attached hydrogens (primary N) is 1. The lowest BCUT2D eigenvalue weighted by molar-refractivity contribution is 0.123. The van der Waals surface area contributed by atoms with E-state index in [1.165, 1.54) is 12.8 Å². The maximum Gasteiger partial charge on any atom is 0.215 e. The average Bonchev–Trinajstić information content (AvgIpc) is 3.17. The fraction of sp³-hybridized carbons (Fsp3) is 0.571. The van der Waals surface area contributed by atoms with Gasteiger partial charge in [0.2, 0.25) is 10.0 Å². The molecule has 2 rings (SSSR count). The lowest BCUT2D eigenvalue weighted by atomic mass is 10.2. The molecule has 6 heteroatoms. The summed E-state index contributed by atoms with van der Waals surface area (Å²) in [5.74, 6) is 0.705. The van der Waals surface area contributed by atoms with Crippen LogP contribution in [0.2, 0.25) is 0 Å². The summed E-state index contributed by atoms with van der Waals surface area (Å²) in [6, 6.07) is 6.93. The van der Waals surface area contributed by atoms with Crippen molar-refractivity contribution in [3.63, 3.8) is 0 Å². The van der Waals surface area contributed by atoms with Gasteiger partial charge in [0.25, 0.3) is 0 Å². The van der Waals surface area contributed by atoms with Gasteiger partial charge < -0.3 is 10.5 Å². The molecule has 3 N–H and O–H groups in total. The first-order valence-electron chi connectivity index (χ1n) is 6.95. The third-order valence-electron chi connectivity index (χ3n) is 3.15. The quantitative estimate of drug-likeness (QED) is 0.535. The number of nitrogen functional groups attached to an aromatic ring is 1. The van der Waals surface area contributed by atoms with Crippen LogP contribution >= 0.6 is 0 Å². The van der Waals surface area contributed by atoms with E-state index in [-0.39, 0.29) is 5.75 Å². The molecule has 0 heterocycles. The van der Waals surface area contributed by atoms with Crippen molar-refractivity contribution >= 4 is 15.7 Å². The van der Waals surface area contributed by atoms with Crippen molar-refractivity contribution in [1.82, 2.24) is 4.72 Å². The van der Waals surface area contributed by atoms with Gasteiger partial charge in [-0.1, -0.05) is 12.1 Å². The van der Waals surface area contributed by atoms with Crippen molar-refractivity contribution in [1.29, 1.82) is 0 Å². The molecular formula is C14H22N2O3S. The molecule has 20 heavy (non-hydrogen) atoms. The number of rotatable bonds is 9. The normalized spacial score (nSPS) is 15.4. The number of anilines is 1. The number of benzene rings is 1. The SMILES string of the molecule is Nc1cccc(CS(=O)(=O)NCCCOCC2CC2)c1. The highest BCUT2D eigenvalue weighted by Gasteiger charge is 2.20. The molecule has 0 spiro atoms. The second-order valence-corrected chi connectivity index (χ2v) is 7.08. The summed E-state index contributed by atoms with van der Waals surface area (Å²) in [4.78, 5) is 0. The van der Waals surface area contributed by atoms with E-state index in [0.29, 0.717) is 30.8 Å². The Kier molecular flexibility index (Phi) is 5.39. The zero-order valence-corrected chi connectivity index (χ0v) is 12.4. The molecule has 0 atom stereocenters. The van der Waals surface area contributed by atoms with Gasteiger partial charge in [0.1, 0.15) is 0 Å². The molecule has 5 nitrogen and oxygen atoms in total. The Labute approximate surface area is 120 Å². The minimum atomic E-state index is -3.30. The second kappa shape index (κ2) is 7.06. The highest BCUT2D eigenvalue weighted by Crippen LogP contribution is 2.28. The van der Waals surface area contributed by atoms with Gasteiger partial charge in [0.15, 0.2) is 0 Å². The van der Waals surface area contributed by atoms with E-state index < -0.39 is 10.0 Å². The molecule has 1 saturated carbocycles. The predicted octanol–water partition coefficient (Wildman–Crippen LogP) is 1.50. The molecule has 0 bridgehead atoms. The van der Waals surface area contributed by atoms with Crippen LogP contribution in [0.3, 0.4) is 0 Å². The summed E-state index contributed by atoms with van der Waals surface area (Å²) < 4.78 is 31.8. The number of nitrogens with one attached hydrogen (secondary N) is 1. The van der Waals surface area contributed by atoms with E-state index >= 15 is 0 Å². The zero-order valence-electron chi connectivity index (χ0n) is 11.5. The van der Waals surface area contributed by atoms with E-state index in [1.807, 2.05) is 0 Å². The smallest absolute Gasteiger partial charge is 0.215 e. The van der Waals surface area contributed by atoms with E-state index in [1.54, 1.807) is 24.3 Å². The van der Waals surface area contributed by atoms with Crippen LogP contribution in [0.25, 0.3) is 0 Å². The van der Waals surface area contributed by atoms with Crippen LogP contribution in [0.4, 0.5) is 5.69 Å². The van der Waals surface area contributed by atoms with Crippen LogP contribution in [-0.4, -0.2) is 28.2 Å². The highest BCUT2D eigenvalue weighted by molar-refractivity contribution is 7.88. The Balaban J connectivity index is 1.65. The van der Waals surface area contributed by atoms with Gasteiger partial charge in [-0.25, -0.2) is 13.1 Å². The third-order valence-corrected chi connectivity index (χ3v) is 4.50. The summed E-state index contributed by atoms with van der Waals surface area (Å²) in [7, 11) is -3.30. The minimum absolute atomic E-state index is 0.0407. The van der Waals surface area contributed by atoms with E-state index in [9.17, 15) is 8.42 Å². The van der Waals surface area contributed by atoms with Crippen LogP contribution < -0.4 is 10.5 Å². The Morgan fingerprint density at radius 1 is 1.35 bits per heavy atom. The van der Waals surface area contributed by atoms with Crippen LogP contribution in [0.1, 0.15) is 24.8 Å². The van der Waals surface area contributed by atoms with Gasteiger partial charge in [-0.3, -0.25) is 0 Å². The summed E-state index contributed by atoms with van der Waals surface area (Å²) in [6.45, 7) is 1.84. The van der Waals surface area contributed by atoms with Crippen LogP contribution in [-0.2, 0) is 20.5 Å². The molecule has 0 radical (unpaired) electrons. The van der Waals surface area contributed by atoms with Crippen molar-refractivity contribution in [2.75, 3.05) is 25.5 Å². The minimum Gasteiger partial charge on any atom is -0.399 e. The largest absolute Gasteiger partial charge is 0.399 e. The van der Waals surface area contributed by atoms with Gasteiger partial charge in [0.05, 0.1) is 5.75 Å². The lowest BCUT2D eigenvalue weighted by Gasteiger charge is -2.07. The van der Waals surface area contributed by atoms with E-state index in [0.717, 1.165) is 12.5 Å². The Morgan fingerprint density at radius 2 is 2.15 bits per heavy atom. The third kappa shape index (κ3) is 5.90. The molecule has 1 aromatic carbocycles. The van der Waals surface area contributed by atoms with Gasteiger partial charge in [0, 0.05) is 25.4 Å². The highest BCUT2D eigenvalue weighted by atomic mass is 32.2. The average molecular weight is 298 g/mol. The monoisotopic (exact) mass is 298 g/mol. The van der Waals surface area contributed by atoms with Crippen molar-refractivity contribution in [2.45, 2.75) is 25.0 Å². The van der Waals surface area contributed by atoms with Crippen molar-refractivity contribution in [3.05, 3.63) is 29.8 Å². The summed E-state index contributed by atoms with van der Waals surface area (Å²) >= 11 is 0. The zero-order chi connectivity index (χ0) is 14.4. The maximum atomic E-state index is 11.9. The van der Waals surface area contributed by atoms with Crippen LogP contribution in [0.5, 0.6) is 0 Å². The van der Waals surface area contributed by atoms with E-state index in [4.69, 9.17) is 10.5 Å². The van der Waals surface area contributed by atoms with Crippen molar-refractivity contribution in [3.8, 4) is 0 Å². The van der Waals surface area contributed by atoms with Crippen molar-refractivity contribution < 1.29 is 13.2 Å². The topological polar surface area (TPSA) is 81.4 Å². The summed E-state index contributed by atoms with van der Waals surface area (Å²) in [5.41, 5.74) is 6.90. The fourth-order valence-electron chi connectivity index (χ4n) is 1.89. The Hall–Kier alpha value is -1.11. The van der Waals surface area contributed by atoms with Crippen LogP contribution in [0.15, 0.2) is 24.3 Å². The summed E-state index contributed by atoms with van der Waals surface area (Å²) in [5, 5.41) is 0. The number of ether oxygens (including phenoxy) is 1. The first kappa shape index (κ1) is 15.3. The lowest BCUT2D eigenvalue weighted by Crippen LogP contribution is -2.27. The molecular weight excluding hydrogens is 276 g/mol. The molecule has 1 aromatic rings. The standard InChI is InChI=1S/C14H22N2O3S/c15-14-4-1-3-13(9-14)11-20(17,18)16-7-2-8-19-10-12-5-6-12/h1,3-4,9,12,16H,2,5-8,10-11,15H2. The molecule has 0 amide bonds. The maximum absolute atomic E-state index is 11.9. The molecule has 1 aliphatic rings. The van der Waals surface area contributed by atoms with E-state index in [2.05, 4.69) is 4.72 Å². The first-order valence-corrected chi connectivity index (χ1v) is 8.60. The predicted molar refractivity (Wildman–Crippen MR) is 79.6 cm³/mol. The molecule has 0 aliphatic heterocycles. The van der Waals surface area contributed by atoms with Crippen LogP contribution in [0, 0.1) is 5.92 Å². The van der Waals surface area contributed by atoms with Crippen molar-refractivity contribution in [2.24, 2.45) is 5.92 Å². The molecule has 0 aromatic heterocycles. The number of hydrogen-bond donors (Lipinski definition) is 2. The van der Waals surface area contributed by atoms with Gasteiger partial charge >= 0.3 is 0 Å². The number of sulfonamides is 1. The fourth-order valence-corrected chi connectivity index (χ4v) is 3.07. The molecule has 1 fully saturated rings. The second-order valence-electron chi connectivity index (χ2n) is 5.27. The first-order chi connectivity index (χ1) is 9.55. The number of hydrogen-bond acceptors (Lipinski definition) is 4. The molecule has 0 unspecified atom stereocenters. The molecule has 0 saturated heterocycles. The Morgan fingerprint density at radius 3 is 2.85 bits per heavy atom. The summed E-state index contributed by atoms with van der Waals surface area (Å²) in [6.07, 6.45) is 3.24. The Bertz CT molecular complexity index is 527. The van der Waals surface area contributed by atoms with Gasteiger partial charge in [-0.05, 0) is 42.9 Å². The van der Waals surface area contributed by atoms with Gasteiger partial charge in [-0.15, -0.1) is 0 Å². The molecule has 1 aliphatic carbocycles.